The van der Waals surface area contributed by atoms with Crippen LogP contribution in [-0.4, -0.2) is 18.5 Å². The quantitative estimate of drug-likeness (QED) is 0.906. The predicted molar refractivity (Wildman–Crippen MR) is 79.2 cm³/mol. The van der Waals surface area contributed by atoms with Gasteiger partial charge in [0, 0.05) is 31.2 Å². The lowest BCUT2D eigenvalue weighted by Crippen LogP contribution is -2.39. The van der Waals surface area contributed by atoms with E-state index in [-0.39, 0.29) is 5.91 Å². The summed E-state index contributed by atoms with van der Waals surface area (Å²) < 4.78 is 0. The van der Waals surface area contributed by atoms with E-state index in [1.54, 1.807) is 0 Å². The number of nitrogens with zero attached hydrogens (tertiary/aromatic N) is 1. The van der Waals surface area contributed by atoms with Gasteiger partial charge < -0.3 is 10.2 Å². The van der Waals surface area contributed by atoms with E-state index in [0.717, 1.165) is 25.2 Å². The molecule has 0 saturated carbocycles. The van der Waals surface area contributed by atoms with Crippen molar-refractivity contribution in [3.05, 3.63) is 29.8 Å². The van der Waals surface area contributed by atoms with Crippen molar-refractivity contribution >= 4 is 11.6 Å². The minimum absolute atomic E-state index is 0.247. The molecule has 0 saturated heterocycles. The number of carbonyl (C=O) groups excluding carboxylic acids is 1. The van der Waals surface area contributed by atoms with Gasteiger partial charge in [-0.05, 0) is 30.9 Å². The molecule has 1 aliphatic rings. The maximum Gasteiger partial charge on any atom is 0.227 e. The summed E-state index contributed by atoms with van der Waals surface area (Å²) in [7, 11) is 0. The predicted octanol–water partition coefficient (Wildman–Crippen LogP) is 2.95. The van der Waals surface area contributed by atoms with Crippen molar-refractivity contribution in [2.24, 2.45) is 5.92 Å². The van der Waals surface area contributed by atoms with E-state index in [1.807, 2.05) is 17.0 Å². The summed E-state index contributed by atoms with van der Waals surface area (Å²) >= 11 is 0. The molecule has 2 rings (SSSR count). The van der Waals surface area contributed by atoms with Crippen molar-refractivity contribution in [2.75, 3.05) is 11.4 Å². The van der Waals surface area contributed by atoms with Crippen LogP contribution >= 0.6 is 0 Å². The molecule has 3 heteroatoms. The standard InChI is InChI=1S/C16H24N2O/c1-12(2)8-9-16(19)18-11-13(3)17-10-14-6-4-5-7-15(14)18/h4-7,12-13,17H,8-11H2,1-3H3. The van der Waals surface area contributed by atoms with E-state index in [0.29, 0.717) is 18.4 Å². The Morgan fingerprint density at radius 2 is 2.16 bits per heavy atom. The summed E-state index contributed by atoms with van der Waals surface area (Å²) in [6.07, 6.45) is 1.60. The summed E-state index contributed by atoms with van der Waals surface area (Å²) in [5.74, 6) is 0.818. The number of amides is 1. The second-order valence-electron chi connectivity index (χ2n) is 5.85. The number of anilines is 1. The Kier molecular flexibility index (Phi) is 4.59. The van der Waals surface area contributed by atoms with Gasteiger partial charge in [-0.1, -0.05) is 32.0 Å². The average molecular weight is 260 g/mol. The number of hydrogen-bond donors (Lipinski definition) is 1. The van der Waals surface area contributed by atoms with Gasteiger partial charge in [-0.2, -0.15) is 0 Å². The van der Waals surface area contributed by atoms with Crippen molar-refractivity contribution in [3.63, 3.8) is 0 Å². The van der Waals surface area contributed by atoms with Crippen LogP contribution in [0.3, 0.4) is 0 Å². The fourth-order valence-corrected chi connectivity index (χ4v) is 2.43. The summed E-state index contributed by atoms with van der Waals surface area (Å²) in [6, 6.07) is 8.53. The molecule has 1 amide bonds. The number of fused-ring (bicyclic) bond motifs is 1. The van der Waals surface area contributed by atoms with Gasteiger partial charge in [0.15, 0.2) is 0 Å². The number of rotatable bonds is 3. The second kappa shape index (κ2) is 6.20. The molecule has 1 atom stereocenters. The monoisotopic (exact) mass is 260 g/mol. The van der Waals surface area contributed by atoms with E-state index < -0.39 is 0 Å². The summed E-state index contributed by atoms with van der Waals surface area (Å²) in [5.41, 5.74) is 2.29. The van der Waals surface area contributed by atoms with E-state index >= 15 is 0 Å². The first kappa shape index (κ1) is 14.1. The minimum atomic E-state index is 0.247. The Hall–Kier alpha value is -1.35. The highest BCUT2D eigenvalue weighted by Crippen LogP contribution is 2.24. The smallest absolute Gasteiger partial charge is 0.227 e. The van der Waals surface area contributed by atoms with Crippen molar-refractivity contribution in [2.45, 2.75) is 46.2 Å². The lowest BCUT2D eigenvalue weighted by atomic mass is 10.1. The Balaban J connectivity index is 2.19. The lowest BCUT2D eigenvalue weighted by molar-refractivity contribution is -0.118. The SMILES string of the molecule is CC(C)CCC(=O)N1CC(C)NCc2ccccc21. The Labute approximate surface area is 116 Å². The van der Waals surface area contributed by atoms with Gasteiger partial charge in [0.05, 0.1) is 0 Å². The van der Waals surface area contributed by atoms with Crippen molar-refractivity contribution in [1.82, 2.24) is 5.32 Å². The molecule has 1 aliphatic heterocycles. The number of benzene rings is 1. The molecule has 0 spiro atoms. The average Bonchev–Trinajstić information content (AvgIpc) is 2.56. The zero-order valence-corrected chi connectivity index (χ0v) is 12.1. The topological polar surface area (TPSA) is 32.3 Å². The number of hydrogen-bond acceptors (Lipinski definition) is 2. The first-order valence-electron chi connectivity index (χ1n) is 7.19. The fraction of sp³-hybridized carbons (Fsp3) is 0.562. The van der Waals surface area contributed by atoms with Gasteiger partial charge in [-0.25, -0.2) is 0 Å². The van der Waals surface area contributed by atoms with Crippen molar-refractivity contribution in [3.8, 4) is 0 Å². The van der Waals surface area contributed by atoms with E-state index in [1.165, 1.54) is 5.56 Å². The van der Waals surface area contributed by atoms with Crippen molar-refractivity contribution < 1.29 is 4.79 Å². The van der Waals surface area contributed by atoms with Gasteiger partial charge in [-0.3, -0.25) is 4.79 Å². The lowest BCUT2D eigenvalue weighted by Gasteiger charge is -2.25. The largest absolute Gasteiger partial charge is 0.311 e. The van der Waals surface area contributed by atoms with Crippen LogP contribution in [0.5, 0.6) is 0 Å². The van der Waals surface area contributed by atoms with Crippen LogP contribution in [-0.2, 0) is 11.3 Å². The summed E-state index contributed by atoms with van der Waals surface area (Å²) in [5, 5.41) is 3.46. The van der Waals surface area contributed by atoms with Crippen molar-refractivity contribution in [1.29, 1.82) is 0 Å². The molecule has 1 heterocycles. The van der Waals surface area contributed by atoms with Crippen LogP contribution in [0.15, 0.2) is 24.3 Å². The number of carbonyl (C=O) groups is 1. The normalized spacial score (nSPS) is 19.2. The maximum atomic E-state index is 12.5. The second-order valence-corrected chi connectivity index (χ2v) is 5.85. The fourth-order valence-electron chi connectivity index (χ4n) is 2.43. The van der Waals surface area contributed by atoms with Gasteiger partial charge in [-0.15, -0.1) is 0 Å². The molecule has 1 N–H and O–H groups in total. The molecule has 0 aromatic heterocycles. The van der Waals surface area contributed by atoms with Crippen LogP contribution in [0.1, 0.15) is 39.2 Å². The molecule has 1 unspecified atom stereocenters. The third-order valence-electron chi connectivity index (χ3n) is 3.62. The first-order valence-corrected chi connectivity index (χ1v) is 7.19. The summed E-state index contributed by atoms with van der Waals surface area (Å²) in [4.78, 5) is 14.4. The van der Waals surface area contributed by atoms with E-state index in [9.17, 15) is 4.79 Å². The molecule has 0 bridgehead atoms. The Morgan fingerprint density at radius 1 is 1.42 bits per heavy atom. The number of para-hydroxylation sites is 1. The zero-order valence-electron chi connectivity index (χ0n) is 12.1. The Morgan fingerprint density at radius 3 is 2.89 bits per heavy atom. The molecular formula is C16H24N2O. The van der Waals surface area contributed by atoms with E-state index in [2.05, 4.69) is 38.2 Å². The zero-order chi connectivity index (χ0) is 13.8. The summed E-state index contributed by atoms with van der Waals surface area (Å²) in [6.45, 7) is 8.05. The van der Waals surface area contributed by atoms with Gasteiger partial charge >= 0.3 is 0 Å². The minimum Gasteiger partial charge on any atom is -0.311 e. The molecule has 0 fully saturated rings. The van der Waals surface area contributed by atoms with Crippen LogP contribution < -0.4 is 10.2 Å². The van der Waals surface area contributed by atoms with Crippen LogP contribution in [0.2, 0.25) is 0 Å². The van der Waals surface area contributed by atoms with Gasteiger partial charge in [0.1, 0.15) is 0 Å². The molecule has 104 valence electrons. The van der Waals surface area contributed by atoms with Crippen LogP contribution in [0, 0.1) is 5.92 Å². The molecule has 0 radical (unpaired) electrons. The molecule has 1 aromatic rings. The number of nitrogens with one attached hydrogen (secondary N) is 1. The molecule has 19 heavy (non-hydrogen) atoms. The van der Waals surface area contributed by atoms with Gasteiger partial charge in [0.25, 0.3) is 0 Å². The third kappa shape index (κ3) is 3.57. The highest BCUT2D eigenvalue weighted by Gasteiger charge is 2.23. The maximum absolute atomic E-state index is 12.5. The molecule has 0 aliphatic carbocycles. The molecule has 1 aromatic carbocycles. The van der Waals surface area contributed by atoms with Crippen LogP contribution in [0.4, 0.5) is 5.69 Å². The molecule has 3 nitrogen and oxygen atoms in total. The third-order valence-corrected chi connectivity index (χ3v) is 3.62. The van der Waals surface area contributed by atoms with Gasteiger partial charge in [0.2, 0.25) is 5.91 Å². The first-order chi connectivity index (χ1) is 9.08. The van der Waals surface area contributed by atoms with Crippen LogP contribution in [0.25, 0.3) is 0 Å². The van der Waals surface area contributed by atoms with E-state index in [4.69, 9.17) is 0 Å². The molecular weight excluding hydrogens is 236 g/mol. The highest BCUT2D eigenvalue weighted by atomic mass is 16.2. The highest BCUT2D eigenvalue weighted by molar-refractivity contribution is 5.94. The Bertz CT molecular complexity index is 442.